The largest absolute Gasteiger partial charge is 0.480 e. The molecule has 1 atom stereocenters. The monoisotopic (exact) mass is 540 g/mol. The summed E-state index contributed by atoms with van der Waals surface area (Å²) in [6.07, 6.45) is -5.34. The third-order valence-electron chi connectivity index (χ3n) is 4.43. The van der Waals surface area contributed by atoms with E-state index < -0.39 is 29.7 Å². The Morgan fingerprint density at radius 3 is 2.30 bits per heavy atom. The lowest BCUT2D eigenvalue weighted by Crippen LogP contribution is -2.30. The number of amides is 2. The van der Waals surface area contributed by atoms with E-state index in [1.165, 1.54) is 36.4 Å². The third-order valence-corrected chi connectivity index (χ3v) is 5.28. The van der Waals surface area contributed by atoms with Gasteiger partial charge in [-0.15, -0.1) is 0 Å². The summed E-state index contributed by atoms with van der Waals surface area (Å²) < 4.78 is 44.7. The lowest BCUT2D eigenvalue weighted by atomic mass is 10.1. The van der Waals surface area contributed by atoms with Crippen LogP contribution in [0, 0.1) is 0 Å². The van der Waals surface area contributed by atoms with Gasteiger partial charge in [-0.2, -0.15) is 13.2 Å². The minimum absolute atomic E-state index is 0.0199. The Morgan fingerprint density at radius 2 is 1.67 bits per heavy atom. The summed E-state index contributed by atoms with van der Waals surface area (Å²) in [6.45, 7) is 1.58. The number of halogens is 5. The molecule has 0 heterocycles. The third kappa shape index (κ3) is 6.72. The number of hydrogen-bond acceptors (Lipinski definition) is 3. The van der Waals surface area contributed by atoms with Gasteiger partial charge in [0.05, 0.1) is 10.0 Å². The lowest BCUT2D eigenvalue weighted by Gasteiger charge is -2.16. The van der Waals surface area contributed by atoms with Crippen LogP contribution in [0.5, 0.6) is 5.75 Å². The van der Waals surface area contributed by atoms with Gasteiger partial charge in [-0.1, -0.05) is 17.7 Å². The predicted octanol–water partition coefficient (Wildman–Crippen LogP) is 6.78. The second-order valence-electron chi connectivity index (χ2n) is 6.93. The summed E-state index contributed by atoms with van der Waals surface area (Å²) in [5.41, 5.74) is -0.215. The van der Waals surface area contributed by atoms with Crippen LogP contribution in [0.1, 0.15) is 22.8 Å². The molecule has 0 radical (unpaired) electrons. The zero-order valence-electron chi connectivity index (χ0n) is 17.0. The number of carbonyl (C=O) groups excluding carboxylic acids is 2. The molecule has 3 aromatic carbocycles. The van der Waals surface area contributed by atoms with E-state index in [9.17, 15) is 22.8 Å². The van der Waals surface area contributed by atoms with Crippen molar-refractivity contribution in [2.45, 2.75) is 19.2 Å². The Kier molecular flexibility index (Phi) is 7.65. The molecule has 172 valence electrons. The van der Waals surface area contributed by atoms with Crippen molar-refractivity contribution < 1.29 is 27.5 Å². The van der Waals surface area contributed by atoms with Crippen molar-refractivity contribution in [3.63, 3.8) is 0 Å². The zero-order valence-corrected chi connectivity index (χ0v) is 19.4. The maximum Gasteiger partial charge on any atom is 0.416 e. The Bertz CT molecular complexity index is 1170. The van der Waals surface area contributed by atoms with Gasteiger partial charge in [0, 0.05) is 22.0 Å². The first-order valence-electron chi connectivity index (χ1n) is 9.54. The van der Waals surface area contributed by atoms with E-state index in [0.717, 1.165) is 12.1 Å². The minimum Gasteiger partial charge on any atom is -0.480 e. The normalized spacial score (nSPS) is 12.1. The summed E-state index contributed by atoms with van der Waals surface area (Å²) >= 11 is 9.21. The van der Waals surface area contributed by atoms with E-state index in [0.29, 0.717) is 20.9 Å². The molecule has 3 rings (SSSR count). The molecule has 0 aliphatic rings. The predicted molar refractivity (Wildman–Crippen MR) is 124 cm³/mol. The number of rotatable bonds is 6. The van der Waals surface area contributed by atoms with E-state index in [-0.39, 0.29) is 11.3 Å². The summed E-state index contributed by atoms with van der Waals surface area (Å²) in [5.74, 6) is -0.557. The molecule has 0 spiro atoms. The first kappa shape index (κ1) is 24.6. The molecule has 10 heteroatoms. The Labute approximate surface area is 201 Å². The highest BCUT2D eigenvalue weighted by Gasteiger charge is 2.30. The van der Waals surface area contributed by atoms with Crippen molar-refractivity contribution in [2.24, 2.45) is 0 Å². The molecule has 3 aromatic rings. The lowest BCUT2D eigenvalue weighted by molar-refractivity contribution is -0.137. The van der Waals surface area contributed by atoms with Crippen LogP contribution in [0.15, 0.2) is 71.2 Å². The van der Waals surface area contributed by atoms with Crippen LogP contribution in [0.25, 0.3) is 0 Å². The van der Waals surface area contributed by atoms with Crippen LogP contribution >= 0.6 is 27.5 Å². The molecule has 0 aromatic heterocycles. The second-order valence-corrected chi connectivity index (χ2v) is 8.22. The molecule has 1 unspecified atom stereocenters. The van der Waals surface area contributed by atoms with Crippen molar-refractivity contribution in [3.8, 4) is 5.75 Å². The fourth-order valence-corrected chi connectivity index (χ4v) is 3.52. The molecule has 0 saturated carbocycles. The van der Waals surface area contributed by atoms with E-state index in [1.54, 1.807) is 25.1 Å². The Balaban J connectivity index is 1.60. The van der Waals surface area contributed by atoms with Crippen LogP contribution in [0.4, 0.5) is 24.5 Å². The van der Waals surface area contributed by atoms with Crippen molar-refractivity contribution >= 4 is 50.7 Å². The van der Waals surface area contributed by atoms with Gasteiger partial charge < -0.3 is 15.4 Å². The first-order valence-corrected chi connectivity index (χ1v) is 10.7. The average molecular weight is 542 g/mol. The van der Waals surface area contributed by atoms with Gasteiger partial charge in [-0.05, 0) is 83.5 Å². The minimum atomic E-state index is -4.51. The van der Waals surface area contributed by atoms with Crippen LogP contribution in [-0.2, 0) is 11.0 Å². The molecule has 2 N–H and O–H groups in total. The highest BCUT2D eigenvalue weighted by molar-refractivity contribution is 9.10. The number of benzene rings is 3. The first-order chi connectivity index (χ1) is 15.5. The van der Waals surface area contributed by atoms with Gasteiger partial charge in [-0.3, -0.25) is 9.59 Å². The molecule has 5 nitrogen and oxygen atoms in total. The van der Waals surface area contributed by atoms with Gasteiger partial charge in [0.25, 0.3) is 11.8 Å². The van der Waals surface area contributed by atoms with Crippen LogP contribution in [-0.4, -0.2) is 17.9 Å². The van der Waals surface area contributed by atoms with Gasteiger partial charge >= 0.3 is 6.18 Å². The number of ether oxygens (including phenoxy) is 1. The maximum atomic E-state index is 12.8. The molecule has 2 amide bonds. The van der Waals surface area contributed by atoms with Gasteiger partial charge in [0.2, 0.25) is 0 Å². The van der Waals surface area contributed by atoms with Crippen LogP contribution < -0.4 is 15.4 Å². The van der Waals surface area contributed by atoms with Gasteiger partial charge in [0.1, 0.15) is 5.75 Å². The number of carbonyl (C=O) groups is 2. The van der Waals surface area contributed by atoms with Gasteiger partial charge in [0.15, 0.2) is 6.10 Å². The highest BCUT2D eigenvalue weighted by atomic mass is 79.9. The number of hydrogen-bond donors (Lipinski definition) is 2. The molecule has 0 saturated heterocycles. The fourth-order valence-electron chi connectivity index (χ4n) is 2.74. The van der Waals surface area contributed by atoms with E-state index >= 15 is 0 Å². The van der Waals surface area contributed by atoms with Crippen molar-refractivity contribution in [1.82, 2.24) is 0 Å². The van der Waals surface area contributed by atoms with Crippen LogP contribution in [0.3, 0.4) is 0 Å². The van der Waals surface area contributed by atoms with Gasteiger partial charge in [-0.25, -0.2) is 0 Å². The summed E-state index contributed by atoms with van der Waals surface area (Å²) in [4.78, 5) is 24.8. The van der Waals surface area contributed by atoms with Crippen molar-refractivity contribution in [2.75, 3.05) is 10.6 Å². The van der Waals surface area contributed by atoms with Crippen molar-refractivity contribution in [3.05, 3.63) is 87.4 Å². The molecular formula is C23H17BrClF3N2O3. The smallest absolute Gasteiger partial charge is 0.416 e. The van der Waals surface area contributed by atoms with Crippen LogP contribution in [0.2, 0.25) is 5.02 Å². The Hall–Kier alpha value is -3.04. The average Bonchev–Trinajstić information content (AvgIpc) is 2.75. The number of nitrogens with one attached hydrogen (secondary N) is 2. The summed E-state index contributed by atoms with van der Waals surface area (Å²) in [6, 6.07) is 15.2. The number of anilines is 2. The molecular weight excluding hydrogens is 525 g/mol. The molecule has 0 aliphatic carbocycles. The molecule has 33 heavy (non-hydrogen) atoms. The molecule has 0 fully saturated rings. The SMILES string of the molecule is CC(Oc1ccc(Cl)cc1Br)C(=O)Nc1ccc(C(=O)Nc2cccc(C(F)(F)F)c2)cc1. The fraction of sp³-hybridized carbons (Fsp3) is 0.130. The Morgan fingerprint density at radius 1 is 0.970 bits per heavy atom. The van der Waals surface area contributed by atoms with E-state index in [1.807, 2.05) is 0 Å². The molecule has 0 aliphatic heterocycles. The molecule has 0 bridgehead atoms. The summed E-state index contributed by atoms with van der Waals surface area (Å²) in [5, 5.41) is 5.61. The van der Waals surface area contributed by atoms with Crippen molar-refractivity contribution in [1.29, 1.82) is 0 Å². The second kappa shape index (κ2) is 10.3. The quantitative estimate of drug-likeness (QED) is 0.362. The standard InChI is InChI=1S/C23H17BrClF3N2O3/c1-13(33-20-10-7-16(25)12-19(20)24)21(31)29-17-8-5-14(6-9-17)22(32)30-18-4-2-3-15(11-18)23(26,27)28/h2-13H,1H3,(H,29,31)(H,30,32). The summed E-state index contributed by atoms with van der Waals surface area (Å²) in [7, 11) is 0. The zero-order chi connectivity index (χ0) is 24.2. The number of alkyl halides is 3. The maximum absolute atomic E-state index is 12.8. The topological polar surface area (TPSA) is 67.4 Å². The van der Waals surface area contributed by atoms with E-state index in [2.05, 4.69) is 26.6 Å². The van der Waals surface area contributed by atoms with E-state index in [4.69, 9.17) is 16.3 Å². The highest BCUT2D eigenvalue weighted by Crippen LogP contribution is 2.31.